The largest absolute Gasteiger partial charge is 0.495 e. The van der Waals surface area contributed by atoms with Crippen LogP contribution in [0.3, 0.4) is 0 Å². The molecule has 1 aliphatic rings. The topological polar surface area (TPSA) is 71.0 Å². The van der Waals surface area contributed by atoms with E-state index in [0.29, 0.717) is 23.1 Å². The maximum absolute atomic E-state index is 12.9. The summed E-state index contributed by atoms with van der Waals surface area (Å²) < 4.78 is 5.27. The lowest BCUT2D eigenvalue weighted by Crippen LogP contribution is -2.34. The lowest BCUT2D eigenvalue weighted by molar-refractivity contribution is -0.128. The smallest absolute Gasteiger partial charge is 0.242 e. The van der Waals surface area contributed by atoms with E-state index in [-0.39, 0.29) is 18.2 Å². The van der Waals surface area contributed by atoms with Crippen LogP contribution >= 0.6 is 11.8 Å². The van der Waals surface area contributed by atoms with Gasteiger partial charge in [-0.25, -0.2) is 4.99 Å². The number of amidine groups is 1. The highest BCUT2D eigenvalue weighted by Gasteiger charge is 2.38. The number of thioether (sulfide) groups is 1. The van der Waals surface area contributed by atoms with Crippen molar-refractivity contribution in [3.05, 3.63) is 54.6 Å². The zero-order valence-electron chi connectivity index (χ0n) is 16.6. The second-order valence-corrected chi connectivity index (χ2v) is 7.80. The van der Waals surface area contributed by atoms with Crippen LogP contribution in [0.25, 0.3) is 0 Å². The number of hydrogen-bond acceptors (Lipinski definition) is 5. The van der Waals surface area contributed by atoms with Crippen LogP contribution in [0.15, 0.2) is 59.6 Å². The molecule has 0 saturated carbocycles. The van der Waals surface area contributed by atoms with E-state index in [0.717, 1.165) is 18.5 Å². The molecule has 2 aromatic carbocycles. The Kier molecular flexibility index (Phi) is 7.30. The Balaban J connectivity index is 1.73. The third-order valence-corrected chi connectivity index (χ3v) is 5.66. The van der Waals surface area contributed by atoms with E-state index in [1.807, 2.05) is 42.5 Å². The van der Waals surface area contributed by atoms with Gasteiger partial charge in [-0.3, -0.25) is 14.5 Å². The number of carbonyl (C=O) groups is 2. The molecule has 1 atom stereocenters. The van der Waals surface area contributed by atoms with Crippen LogP contribution in [0, 0.1) is 0 Å². The van der Waals surface area contributed by atoms with Crippen LogP contribution in [0.2, 0.25) is 0 Å². The summed E-state index contributed by atoms with van der Waals surface area (Å²) in [5.74, 6) is 0.298. The van der Waals surface area contributed by atoms with Gasteiger partial charge in [-0.2, -0.15) is 0 Å². The number of carbonyl (C=O) groups excluding carboxylic acids is 2. The van der Waals surface area contributed by atoms with Gasteiger partial charge in [-0.05, 0) is 30.7 Å². The minimum Gasteiger partial charge on any atom is -0.495 e. The molecule has 0 aliphatic carbocycles. The normalized spacial score (nSPS) is 17.6. The maximum atomic E-state index is 12.9. The van der Waals surface area contributed by atoms with Crippen molar-refractivity contribution in [2.75, 3.05) is 19.0 Å². The highest BCUT2D eigenvalue weighted by molar-refractivity contribution is 8.15. The maximum Gasteiger partial charge on any atom is 0.242 e. The van der Waals surface area contributed by atoms with Crippen LogP contribution in [0.5, 0.6) is 5.75 Å². The van der Waals surface area contributed by atoms with Crippen LogP contribution in [0.1, 0.15) is 26.2 Å². The number of amides is 2. The number of nitrogens with zero attached hydrogens (tertiary/aromatic N) is 2. The van der Waals surface area contributed by atoms with Gasteiger partial charge in [-0.1, -0.05) is 55.4 Å². The second-order valence-electron chi connectivity index (χ2n) is 6.63. The molecule has 29 heavy (non-hydrogen) atoms. The Morgan fingerprint density at radius 2 is 1.90 bits per heavy atom. The summed E-state index contributed by atoms with van der Waals surface area (Å²) in [6, 6.07) is 16.8. The second kappa shape index (κ2) is 10.1. The minimum absolute atomic E-state index is 0.0618. The minimum atomic E-state index is -0.482. The Bertz CT molecular complexity index is 886. The van der Waals surface area contributed by atoms with Crippen molar-refractivity contribution in [2.45, 2.75) is 31.4 Å². The number of hydrogen-bond donors (Lipinski definition) is 1. The van der Waals surface area contributed by atoms with Gasteiger partial charge >= 0.3 is 0 Å². The summed E-state index contributed by atoms with van der Waals surface area (Å²) in [6.07, 6.45) is 1.95. The third kappa shape index (κ3) is 5.38. The number of para-hydroxylation sites is 3. The SMILES string of the molecule is CCCCN1C(=O)[C@@H](CC(=O)Nc2ccccc2OC)SC1=Nc1ccccc1. The van der Waals surface area contributed by atoms with E-state index in [4.69, 9.17) is 4.74 Å². The number of unbranched alkanes of at least 4 members (excludes halogenated alkanes) is 1. The van der Waals surface area contributed by atoms with Crippen molar-refractivity contribution in [1.29, 1.82) is 0 Å². The summed E-state index contributed by atoms with van der Waals surface area (Å²) in [4.78, 5) is 31.9. The number of aliphatic imine (C=N–C) groups is 1. The van der Waals surface area contributed by atoms with Crippen molar-refractivity contribution >= 4 is 40.1 Å². The van der Waals surface area contributed by atoms with E-state index in [2.05, 4.69) is 17.2 Å². The predicted octanol–water partition coefficient (Wildman–Crippen LogP) is 4.46. The molecule has 1 heterocycles. The molecular formula is C22H25N3O3S. The van der Waals surface area contributed by atoms with E-state index >= 15 is 0 Å². The van der Waals surface area contributed by atoms with Crippen molar-refractivity contribution < 1.29 is 14.3 Å². The van der Waals surface area contributed by atoms with Crippen molar-refractivity contribution in [3.63, 3.8) is 0 Å². The van der Waals surface area contributed by atoms with Gasteiger partial charge in [0.15, 0.2) is 5.17 Å². The first-order chi connectivity index (χ1) is 14.1. The highest BCUT2D eigenvalue weighted by Crippen LogP contribution is 2.32. The van der Waals surface area contributed by atoms with E-state index in [1.54, 1.807) is 24.1 Å². The molecule has 152 valence electrons. The van der Waals surface area contributed by atoms with Crippen LogP contribution in [-0.2, 0) is 9.59 Å². The molecule has 6 nitrogen and oxygen atoms in total. The summed E-state index contributed by atoms with van der Waals surface area (Å²) in [5.41, 5.74) is 1.39. The average molecular weight is 412 g/mol. The van der Waals surface area contributed by atoms with Crippen molar-refractivity contribution in [3.8, 4) is 5.75 Å². The summed E-state index contributed by atoms with van der Waals surface area (Å²) >= 11 is 1.36. The quantitative estimate of drug-likeness (QED) is 0.696. The fraction of sp³-hybridized carbons (Fsp3) is 0.318. The molecule has 2 aromatic rings. The first-order valence-corrected chi connectivity index (χ1v) is 10.5. The van der Waals surface area contributed by atoms with Crippen LogP contribution < -0.4 is 10.1 Å². The molecule has 7 heteroatoms. The number of rotatable bonds is 8. The molecule has 3 rings (SSSR count). The number of anilines is 1. The van der Waals surface area contributed by atoms with E-state index in [1.165, 1.54) is 11.8 Å². The first kappa shape index (κ1) is 20.9. The van der Waals surface area contributed by atoms with Crippen molar-refractivity contribution in [2.24, 2.45) is 4.99 Å². The highest BCUT2D eigenvalue weighted by atomic mass is 32.2. The van der Waals surface area contributed by atoms with Crippen LogP contribution in [0.4, 0.5) is 11.4 Å². The average Bonchev–Trinajstić information content (AvgIpc) is 3.01. The van der Waals surface area contributed by atoms with Gasteiger partial charge in [0.1, 0.15) is 11.0 Å². The van der Waals surface area contributed by atoms with E-state index < -0.39 is 5.25 Å². The molecule has 1 N–H and O–H groups in total. The number of benzene rings is 2. The molecule has 1 saturated heterocycles. The summed E-state index contributed by atoms with van der Waals surface area (Å²) in [7, 11) is 1.55. The lowest BCUT2D eigenvalue weighted by atomic mass is 10.2. The van der Waals surface area contributed by atoms with Gasteiger partial charge < -0.3 is 10.1 Å². The monoisotopic (exact) mass is 411 g/mol. The molecular weight excluding hydrogens is 386 g/mol. The van der Waals surface area contributed by atoms with E-state index in [9.17, 15) is 9.59 Å². The third-order valence-electron chi connectivity index (χ3n) is 4.49. The fourth-order valence-electron chi connectivity index (χ4n) is 2.98. The Morgan fingerprint density at radius 1 is 1.17 bits per heavy atom. The number of ether oxygens (including phenoxy) is 1. The van der Waals surface area contributed by atoms with Crippen molar-refractivity contribution in [1.82, 2.24) is 4.90 Å². The molecule has 1 fully saturated rings. The molecule has 0 aromatic heterocycles. The van der Waals surface area contributed by atoms with Gasteiger partial charge in [0.2, 0.25) is 11.8 Å². The number of methoxy groups -OCH3 is 1. The van der Waals surface area contributed by atoms with Gasteiger partial charge in [0.25, 0.3) is 0 Å². The molecule has 0 bridgehead atoms. The molecule has 0 unspecified atom stereocenters. The standard InChI is InChI=1S/C22H25N3O3S/c1-3-4-14-25-21(27)19(29-22(25)23-16-10-6-5-7-11-16)15-20(26)24-17-12-8-9-13-18(17)28-2/h5-13,19H,3-4,14-15H2,1-2H3,(H,24,26)/t19-/m1/s1. The Hall–Kier alpha value is -2.80. The van der Waals surface area contributed by atoms with Gasteiger partial charge in [-0.15, -0.1) is 0 Å². The zero-order chi connectivity index (χ0) is 20.6. The molecule has 1 aliphatic heterocycles. The summed E-state index contributed by atoms with van der Waals surface area (Å²) in [5, 5.41) is 3.02. The van der Waals surface area contributed by atoms with Crippen LogP contribution in [-0.4, -0.2) is 40.8 Å². The summed E-state index contributed by atoms with van der Waals surface area (Å²) in [6.45, 7) is 2.69. The predicted molar refractivity (Wildman–Crippen MR) is 118 cm³/mol. The zero-order valence-corrected chi connectivity index (χ0v) is 17.4. The first-order valence-electron chi connectivity index (χ1n) is 9.67. The Labute approximate surface area is 175 Å². The van der Waals surface area contributed by atoms with Gasteiger partial charge in [0.05, 0.1) is 18.5 Å². The molecule has 0 radical (unpaired) electrons. The fourth-order valence-corrected chi connectivity index (χ4v) is 4.16. The molecule has 2 amide bonds. The lowest BCUT2D eigenvalue weighted by Gasteiger charge is -2.16. The Morgan fingerprint density at radius 3 is 2.62 bits per heavy atom. The molecule has 0 spiro atoms. The number of nitrogens with one attached hydrogen (secondary N) is 1. The van der Waals surface area contributed by atoms with Gasteiger partial charge in [0, 0.05) is 13.0 Å².